The van der Waals surface area contributed by atoms with Gasteiger partial charge < -0.3 is 14.2 Å². The van der Waals surface area contributed by atoms with Crippen molar-refractivity contribution in [2.24, 2.45) is 5.92 Å². The number of aryl methyl sites for hydroxylation is 1. The Labute approximate surface area is 119 Å². The third-order valence-electron chi connectivity index (χ3n) is 4.45. The second-order valence-corrected chi connectivity index (χ2v) is 6.13. The molecule has 0 aromatic carbocycles. The molecule has 1 aromatic heterocycles. The van der Waals surface area contributed by atoms with E-state index in [9.17, 15) is 4.79 Å². The van der Waals surface area contributed by atoms with Crippen LogP contribution in [0.2, 0.25) is 0 Å². The zero-order valence-corrected chi connectivity index (χ0v) is 12.3. The molecule has 0 radical (unpaired) electrons. The summed E-state index contributed by atoms with van der Waals surface area (Å²) in [5.41, 5.74) is 0. The highest BCUT2D eigenvalue weighted by Crippen LogP contribution is 2.23. The normalized spacial score (nSPS) is 29.2. The van der Waals surface area contributed by atoms with E-state index in [1.54, 1.807) is 0 Å². The van der Waals surface area contributed by atoms with Crippen molar-refractivity contribution in [3.8, 4) is 0 Å². The predicted molar refractivity (Wildman–Crippen MR) is 75.2 cm³/mol. The average Bonchev–Trinajstić information content (AvgIpc) is 3.05. The maximum absolute atomic E-state index is 12.3. The van der Waals surface area contributed by atoms with Gasteiger partial charge in [0.25, 0.3) is 5.91 Å². The van der Waals surface area contributed by atoms with Gasteiger partial charge >= 0.3 is 0 Å². The van der Waals surface area contributed by atoms with Crippen molar-refractivity contribution in [3.05, 3.63) is 18.2 Å². The van der Waals surface area contributed by atoms with Crippen molar-refractivity contribution in [2.75, 3.05) is 13.6 Å². The van der Waals surface area contributed by atoms with Crippen LogP contribution in [0.3, 0.4) is 0 Å². The fourth-order valence-electron chi connectivity index (χ4n) is 3.29. The first-order valence-corrected chi connectivity index (χ1v) is 7.54. The summed E-state index contributed by atoms with van der Waals surface area (Å²) in [5, 5.41) is 0. The van der Waals surface area contributed by atoms with Gasteiger partial charge in [-0.2, -0.15) is 0 Å². The van der Waals surface area contributed by atoms with Gasteiger partial charge in [0.2, 0.25) is 0 Å². The number of hydrogen-bond donors (Lipinski definition) is 0. The van der Waals surface area contributed by atoms with E-state index >= 15 is 0 Å². The smallest absolute Gasteiger partial charge is 0.251 e. The van der Waals surface area contributed by atoms with Crippen LogP contribution in [-0.4, -0.2) is 46.2 Å². The van der Waals surface area contributed by atoms with E-state index < -0.39 is 0 Å². The number of hydrogen-bond acceptors (Lipinski definition) is 3. The molecule has 0 N–H and O–H groups in total. The molecular formula is C15H23N3O2. The zero-order valence-electron chi connectivity index (χ0n) is 12.3. The molecule has 0 unspecified atom stereocenters. The highest BCUT2D eigenvalue weighted by molar-refractivity contribution is 5.80. The summed E-state index contributed by atoms with van der Waals surface area (Å²) in [5.74, 6) is 1.83. The van der Waals surface area contributed by atoms with E-state index in [0.29, 0.717) is 5.92 Å². The molecule has 5 heteroatoms. The van der Waals surface area contributed by atoms with Gasteiger partial charge in [0.05, 0.1) is 6.10 Å². The fraction of sp³-hybridized carbons (Fsp3) is 0.733. The van der Waals surface area contributed by atoms with Crippen molar-refractivity contribution in [1.82, 2.24) is 14.5 Å². The Morgan fingerprint density at radius 1 is 1.50 bits per heavy atom. The Bertz CT molecular complexity index is 485. The standard InChI is InChI=1S/C15H23N3O2/c1-11-3-5-13(20-11)15(19)17(2)9-12-4-6-14-16-7-8-18(14)10-12/h7-8,11-13H,3-6,9-10H2,1-2H3/t11-,12-,13+/m1/s1. The molecular weight excluding hydrogens is 254 g/mol. The quantitative estimate of drug-likeness (QED) is 0.840. The van der Waals surface area contributed by atoms with Gasteiger partial charge in [-0.3, -0.25) is 4.79 Å². The first-order chi connectivity index (χ1) is 9.63. The number of ether oxygens (including phenoxy) is 1. The SMILES string of the molecule is C[C@@H]1CC[C@@H](C(=O)N(C)C[C@H]2CCc3nccn3C2)O1. The topological polar surface area (TPSA) is 47.4 Å². The van der Waals surface area contributed by atoms with Gasteiger partial charge in [0.1, 0.15) is 11.9 Å². The number of aromatic nitrogens is 2. The van der Waals surface area contributed by atoms with Crippen LogP contribution in [0.15, 0.2) is 12.4 Å². The molecule has 0 aliphatic carbocycles. The Hall–Kier alpha value is -1.36. The van der Waals surface area contributed by atoms with Crippen molar-refractivity contribution in [3.63, 3.8) is 0 Å². The summed E-state index contributed by atoms with van der Waals surface area (Å²) in [6.07, 6.45) is 7.87. The molecule has 2 aliphatic rings. The van der Waals surface area contributed by atoms with E-state index in [1.165, 1.54) is 5.82 Å². The van der Waals surface area contributed by atoms with E-state index in [-0.39, 0.29) is 18.1 Å². The zero-order chi connectivity index (χ0) is 14.1. The number of rotatable bonds is 3. The van der Waals surface area contributed by atoms with Crippen molar-refractivity contribution >= 4 is 5.91 Å². The summed E-state index contributed by atoms with van der Waals surface area (Å²) in [6.45, 7) is 3.81. The third-order valence-corrected chi connectivity index (χ3v) is 4.45. The van der Waals surface area contributed by atoms with Crippen molar-refractivity contribution in [2.45, 2.75) is 51.4 Å². The molecule has 0 bridgehead atoms. The van der Waals surface area contributed by atoms with E-state index in [2.05, 4.69) is 9.55 Å². The Balaban J connectivity index is 1.54. The van der Waals surface area contributed by atoms with Crippen molar-refractivity contribution < 1.29 is 9.53 Å². The number of carbonyl (C=O) groups excluding carboxylic acids is 1. The molecule has 1 aromatic rings. The van der Waals surface area contributed by atoms with Crippen molar-refractivity contribution in [1.29, 1.82) is 0 Å². The lowest BCUT2D eigenvalue weighted by Gasteiger charge is -2.29. The van der Waals surface area contributed by atoms with Gasteiger partial charge in [-0.15, -0.1) is 0 Å². The lowest BCUT2D eigenvalue weighted by Crippen LogP contribution is -2.40. The van der Waals surface area contributed by atoms with Crippen LogP contribution in [0.25, 0.3) is 0 Å². The minimum Gasteiger partial charge on any atom is -0.365 e. The van der Waals surface area contributed by atoms with E-state index in [1.807, 2.05) is 31.3 Å². The lowest BCUT2D eigenvalue weighted by atomic mass is 9.98. The third kappa shape index (κ3) is 2.73. The maximum Gasteiger partial charge on any atom is 0.251 e. The Kier molecular flexibility index (Phi) is 3.78. The number of amides is 1. The van der Waals surface area contributed by atoms with Gasteiger partial charge in [-0.1, -0.05) is 0 Å². The molecule has 1 saturated heterocycles. The van der Waals surface area contributed by atoms with E-state index in [4.69, 9.17) is 4.74 Å². The fourth-order valence-corrected chi connectivity index (χ4v) is 3.29. The number of fused-ring (bicyclic) bond motifs is 1. The molecule has 1 amide bonds. The molecule has 110 valence electrons. The summed E-state index contributed by atoms with van der Waals surface area (Å²) >= 11 is 0. The maximum atomic E-state index is 12.3. The van der Waals surface area contributed by atoms with Crippen LogP contribution in [-0.2, 0) is 22.5 Å². The van der Waals surface area contributed by atoms with Gasteiger partial charge in [-0.25, -0.2) is 4.98 Å². The number of likely N-dealkylation sites (N-methyl/N-ethyl adjacent to an activating group) is 1. The molecule has 20 heavy (non-hydrogen) atoms. The average molecular weight is 277 g/mol. The molecule has 1 fully saturated rings. The lowest BCUT2D eigenvalue weighted by molar-refractivity contribution is -0.141. The van der Waals surface area contributed by atoms with Crippen LogP contribution in [0, 0.1) is 5.92 Å². The molecule has 5 nitrogen and oxygen atoms in total. The molecule has 0 spiro atoms. The number of carbonyl (C=O) groups is 1. The Morgan fingerprint density at radius 3 is 3.10 bits per heavy atom. The highest BCUT2D eigenvalue weighted by Gasteiger charge is 2.31. The summed E-state index contributed by atoms with van der Waals surface area (Å²) < 4.78 is 7.88. The molecule has 3 atom stereocenters. The monoisotopic (exact) mass is 277 g/mol. The minimum absolute atomic E-state index is 0.144. The summed E-state index contributed by atoms with van der Waals surface area (Å²) in [6, 6.07) is 0. The molecule has 0 saturated carbocycles. The van der Waals surface area contributed by atoms with E-state index in [0.717, 1.165) is 38.8 Å². The Morgan fingerprint density at radius 2 is 2.35 bits per heavy atom. The van der Waals surface area contributed by atoms with Crippen LogP contribution in [0.5, 0.6) is 0 Å². The second-order valence-electron chi connectivity index (χ2n) is 6.13. The summed E-state index contributed by atoms with van der Waals surface area (Å²) in [7, 11) is 1.90. The van der Waals surface area contributed by atoms with Gasteiger partial charge in [-0.05, 0) is 32.1 Å². The summed E-state index contributed by atoms with van der Waals surface area (Å²) in [4.78, 5) is 18.5. The number of nitrogens with zero attached hydrogens (tertiary/aromatic N) is 3. The van der Waals surface area contributed by atoms with Gasteiger partial charge in [0, 0.05) is 39.0 Å². The molecule has 3 heterocycles. The second kappa shape index (κ2) is 5.56. The predicted octanol–water partition coefficient (Wildman–Crippen LogP) is 1.47. The number of imidazole rings is 1. The molecule has 2 aliphatic heterocycles. The van der Waals surface area contributed by atoms with Crippen LogP contribution in [0.1, 0.15) is 32.0 Å². The highest BCUT2D eigenvalue weighted by atomic mass is 16.5. The van der Waals surface area contributed by atoms with Crippen LogP contribution < -0.4 is 0 Å². The van der Waals surface area contributed by atoms with Crippen LogP contribution >= 0.6 is 0 Å². The first-order valence-electron chi connectivity index (χ1n) is 7.54. The van der Waals surface area contributed by atoms with Gasteiger partial charge in [0.15, 0.2) is 0 Å². The van der Waals surface area contributed by atoms with Crippen LogP contribution in [0.4, 0.5) is 0 Å². The minimum atomic E-state index is -0.220. The first kappa shape index (κ1) is 13.6. The largest absolute Gasteiger partial charge is 0.365 e. The molecule has 3 rings (SSSR count).